The monoisotopic (exact) mass is 292 g/mol. The second kappa shape index (κ2) is 7.61. The van der Waals surface area contributed by atoms with Crippen LogP contribution >= 0.6 is 0 Å². The van der Waals surface area contributed by atoms with Crippen LogP contribution in [0.4, 0.5) is 0 Å². The Labute approximate surface area is 113 Å². The lowest BCUT2D eigenvalue weighted by molar-refractivity contribution is 0.0603. The van der Waals surface area contributed by atoms with Gasteiger partial charge in [0.2, 0.25) is 5.09 Å². The molecule has 1 aromatic rings. The lowest BCUT2D eigenvalue weighted by Gasteiger charge is -2.09. The van der Waals surface area contributed by atoms with Crippen LogP contribution in [0.25, 0.3) is 0 Å². The van der Waals surface area contributed by atoms with Gasteiger partial charge >= 0.3 is 0 Å². The van der Waals surface area contributed by atoms with Crippen LogP contribution in [0, 0.1) is 0 Å². The zero-order chi connectivity index (χ0) is 14.3. The summed E-state index contributed by atoms with van der Waals surface area (Å²) in [5.74, 6) is 0.544. The van der Waals surface area contributed by atoms with E-state index < -0.39 is 16.1 Å². The predicted molar refractivity (Wildman–Crippen MR) is 69.2 cm³/mol. The Morgan fingerprint density at radius 3 is 2.84 bits per heavy atom. The summed E-state index contributed by atoms with van der Waals surface area (Å²) in [5, 5.41) is 12.1. The number of hydrogen-bond acceptors (Lipinski definition) is 6. The van der Waals surface area contributed by atoms with Gasteiger partial charge in [0.15, 0.2) is 0 Å². The molecule has 0 fully saturated rings. The molecule has 0 saturated heterocycles. The SMILES string of the molecule is CNCc1ccc(S(=O)(=O)NCCC(O)COC)o1. The van der Waals surface area contributed by atoms with Crippen LogP contribution in [0.15, 0.2) is 21.6 Å². The minimum Gasteiger partial charge on any atom is -0.447 e. The van der Waals surface area contributed by atoms with Crippen molar-refractivity contribution in [2.75, 3.05) is 27.3 Å². The molecule has 0 aliphatic carbocycles. The van der Waals surface area contributed by atoms with Crippen molar-refractivity contribution in [3.05, 3.63) is 17.9 Å². The standard InChI is InChI=1S/C11H20N2O5S/c1-12-7-10-3-4-11(18-10)19(15,16)13-6-5-9(14)8-17-2/h3-4,9,12-14H,5-8H2,1-2H3. The normalized spacial score (nSPS) is 13.6. The molecule has 1 aromatic heterocycles. The van der Waals surface area contributed by atoms with E-state index >= 15 is 0 Å². The molecule has 0 amide bonds. The van der Waals surface area contributed by atoms with Gasteiger partial charge in [-0.05, 0) is 25.6 Å². The molecule has 1 rings (SSSR count). The number of sulfonamides is 1. The smallest absolute Gasteiger partial charge is 0.273 e. The van der Waals surface area contributed by atoms with Crippen molar-refractivity contribution in [1.82, 2.24) is 10.0 Å². The second-order valence-corrected chi connectivity index (χ2v) is 5.74. The summed E-state index contributed by atoms with van der Waals surface area (Å²) in [6, 6.07) is 3.01. The Balaban J connectivity index is 2.50. The highest BCUT2D eigenvalue weighted by molar-refractivity contribution is 7.89. The molecule has 1 atom stereocenters. The van der Waals surface area contributed by atoms with E-state index in [1.54, 1.807) is 13.1 Å². The molecule has 0 radical (unpaired) electrons. The first-order valence-electron chi connectivity index (χ1n) is 5.89. The maximum atomic E-state index is 11.9. The Kier molecular flexibility index (Phi) is 6.46. The fourth-order valence-electron chi connectivity index (χ4n) is 1.48. The molecule has 1 heterocycles. The lowest BCUT2D eigenvalue weighted by atomic mass is 10.3. The van der Waals surface area contributed by atoms with E-state index in [1.807, 2.05) is 0 Å². The Hall–Kier alpha value is -0.930. The molecule has 0 aliphatic heterocycles. The first-order valence-corrected chi connectivity index (χ1v) is 7.38. The number of aliphatic hydroxyl groups is 1. The Morgan fingerprint density at radius 1 is 1.47 bits per heavy atom. The van der Waals surface area contributed by atoms with Crippen molar-refractivity contribution in [1.29, 1.82) is 0 Å². The van der Waals surface area contributed by atoms with E-state index in [9.17, 15) is 13.5 Å². The molecule has 0 bridgehead atoms. The fourth-order valence-corrected chi connectivity index (χ4v) is 2.47. The van der Waals surface area contributed by atoms with Gasteiger partial charge in [-0.2, -0.15) is 0 Å². The summed E-state index contributed by atoms with van der Waals surface area (Å²) < 4.78 is 36.0. The van der Waals surface area contributed by atoms with Crippen molar-refractivity contribution in [2.24, 2.45) is 0 Å². The third kappa shape index (κ3) is 5.29. The number of aliphatic hydroxyl groups excluding tert-OH is 1. The van der Waals surface area contributed by atoms with E-state index in [4.69, 9.17) is 9.15 Å². The van der Waals surface area contributed by atoms with Crippen LogP contribution < -0.4 is 10.0 Å². The van der Waals surface area contributed by atoms with Crippen LogP contribution in [-0.4, -0.2) is 46.9 Å². The largest absolute Gasteiger partial charge is 0.447 e. The number of methoxy groups -OCH3 is 1. The average Bonchev–Trinajstić information content (AvgIpc) is 2.79. The molecular weight excluding hydrogens is 272 g/mol. The minimum absolute atomic E-state index is 0.120. The Bertz CT molecular complexity index is 471. The van der Waals surface area contributed by atoms with Gasteiger partial charge < -0.3 is 19.6 Å². The molecule has 7 nitrogen and oxygen atoms in total. The number of ether oxygens (including phenoxy) is 1. The van der Waals surface area contributed by atoms with Gasteiger partial charge in [0.25, 0.3) is 10.0 Å². The van der Waals surface area contributed by atoms with Gasteiger partial charge in [0.05, 0.1) is 19.3 Å². The zero-order valence-corrected chi connectivity index (χ0v) is 11.9. The molecule has 0 saturated carbocycles. The third-order valence-electron chi connectivity index (χ3n) is 2.38. The lowest BCUT2D eigenvalue weighted by Crippen LogP contribution is -2.28. The molecule has 3 N–H and O–H groups in total. The topological polar surface area (TPSA) is 101 Å². The van der Waals surface area contributed by atoms with E-state index in [-0.39, 0.29) is 24.7 Å². The van der Waals surface area contributed by atoms with E-state index in [0.717, 1.165) is 0 Å². The van der Waals surface area contributed by atoms with Gasteiger partial charge in [-0.3, -0.25) is 0 Å². The number of hydrogen-bond donors (Lipinski definition) is 3. The van der Waals surface area contributed by atoms with Crippen molar-refractivity contribution in [3.8, 4) is 0 Å². The van der Waals surface area contributed by atoms with Gasteiger partial charge in [-0.25, -0.2) is 13.1 Å². The van der Waals surface area contributed by atoms with E-state index in [1.165, 1.54) is 13.2 Å². The summed E-state index contributed by atoms with van der Waals surface area (Å²) in [6.07, 6.45) is -0.416. The summed E-state index contributed by atoms with van der Waals surface area (Å²) in [5.41, 5.74) is 0. The van der Waals surface area contributed by atoms with Crippen LogP contribution in [0.5, 0.6) is 0 Å². The molecular formula is C11H20N2O5S. The molecule has 8 heteroatoms. The van der Waals surface area contributed by atoms with Crippen molar-refractivity contribution >= 4 is 10.0 Å². The molecule has 1 unspecified atom stereocenters. The Morgan fingerprint density at radius 2 is 2.21 bits per heavy atom. The first-order chi connectivity index (χ1) is 8.99. The number of rotatable bonds is 9. The van der Waals surface area contributed by atoms with Gasteiger partial charge in [0.1, 0.15) is 5.76 Å². The van der Waals surface area contributed by atoms with Crippen LogP contribution in [0.1, 0.15) is 12.2 Å². The quantitative estimate of drug-likeness (QED) is 0.576. The summed E-state index contributed by atoms with van der Waals surface area (Å²) in [4.78, 5) is 0. The molecule has 19 heavy (non-hydrogen) atoms. The van der Waals surface area contributed by atoms with Crippen LogP contribution in [-0.2, 0) is 21.3 Å². The van der Waals surface area contributed by atoms with Gasteiger partial charge in [0, 0.05) is 13.7 Å². The third-order valence-corrected chi connectivity index (χ3v) is 3.71. The minimum atomic E-state index is -3.66. The van der Waals surface area contributed by atoms with Gasteiger partial charge in [-0.1, -0.05) is 0 Å². The molecule has 0 spiro atoms. The highest BCUT2D eigenvalue weighted by Crippen LogP contribution is 2.13. The second-order valence-electron chi connectivity index (χ2n) is 4.05. The number of nitrogens with one attached hydrogen (secondary N) is 2. The molecule has 110 valence electrons. The first kappa shape index (κ1) is 16.1. The highest BCUT2D eigenvalue weighted by atomic mass is 32.2. The summed E-state index contributed by atoms with van der Waals surface area (Å²) in [6.45, 7) is 0.756. The average molecular weight is 292 g/mol. The molecule has 0 aliphatic rings. The molecule has 0 aromatic carbocycles. The summed E-state index contributed by atoms with van der Waals surface area (Å²) in [7, 11) is -0.451. The van der Waals surface area contributed by atoms with Crippen LogP contribution in [0.2, 0.25) is 0 Å². The van der Waals surface area contributed by atoms with Crippen LogP contribution in [0.3, 0.4) is 0 Å². The van der Waals surface area contributed by atoms with E-state index in [0.29, 0.717) is 12.3 Å². The summed E-state index contributed by atoms with van der Waals surface area (Å²) >= 11 is 0. The highest BCUT2D eigenvalue weighted by Gasteiger charge is 2.18. The van der Waals surface area contributed by atoms with Crippen molar-refractivity contribution in [3.63, 3.8) is 0 Å². The maximum Gasteiger partial charge on any atom is 0.273 e. The fraction of sp³-hybridized carbons (Fsp3) is 0.636. The van der Waals surface area contributed by atoms with Crippen molar-refractivity contribution in [2.45, 2.75) is 24.2 Å². The predicted octanol–water partition coefficient (Wildman–Crippen LogP) is -0.325. The zero-order valence-electron chi connectivity index (χ0n) is 11.0. The number of furan rings is 1. The van der Waals surface area contributed by atoms with Crippen molar-refractivity contribution < 1.29 is 22.7 Å². The maximum absolute atomic E-state index is 11.9. The van der Waals surface area contributed by atoms with Gasteiger partial charge in [-0.15, -0.1) is 0 Å². The van der Waals surface area contributed by atoms with E-state index in [2.05, 4.69) is 10.0 Å².